The van der Waals surface area contributed by atoms with Crippen LogP contribution in [-0.2, 0) is 13.2 Å². The van der Waals surface area contributed by atoms with E-state index in [1.54, 1.807) is 6.07 Å². The highest BCUT2D eigenvalue weighted by atomic mass is 35.5. The summed E-state index contributed by atoms with van der Waals surface area (Å²) in [5.74, 6) is 0.236. The van der Waals surface area contributed by atoms with Crippen molar-refractivity contribution in [2.24, 2.45) is 0 Å². The van der Waals surface area contributed by atoms with Gasteiger partial charge in [-0.15, -0.1) is 0 Å². The highest BCUT2D eigenvalue weighted by Gasteiger charge is 2.15. The van der Waals surface area contributed by atoms with Gasteiger partial charge in [-0.3, -0.25) is 4.79 Å². The molecule has 4 N–H and O–H groups in total. The summed E-state index contributed by atoms with van der Waals surface area (Å²) < 4.78 is 10.3. The second kappa shape index (κ2) is 11.6. The Balaban J connectivity index is 0.00000320. The molecule has 0 aliphatic carbocycles. The van der Waals surface area contributed by atoms with E-state index in [0.29, 0.717) is 36.3 Å². The number of amides is 1. The Kier molecular flexibility index (Phi) is 9.19. The van der Waals surface area contributed by atoms with Gasteiger partial charge in [-0.2, -0.15) is 0 Å². The fourth-order valence-electron chi connectivity index (χ4n) is 2.49. The van der Waals surface area contributed by atoms with Gasteiger partial charge in [0.2, 0.25) is 11.5 Å². The van der Waals surface area contributed by atoms with Crippen LogP contribution in [0.5, 0.6) is 5.75 Å². The molecule has 2 aromatic carbocycles. The Labute approximate surface area is 189 Å². The number of nitrogens with one attached hydrogen (secondary N) is 2. The zero-order valence-corrected chi connectivity index (χ0v) is 18.0. The van der Waals surface area contributed by atoms with Crippen LogP contribution in [-0.4, -0.2) is 29.3 Å². The van der Waals surface area contributed by atoms with Gasteiger partial charge < -0.3 is 33.5 Å². The Morgan fingerprint density at radius 3 is 2.50 bits per heavy atom. The van der Waals surface area contributed by atoms with Gasteiger partial charge in [-0.25, -0.2) is 4.63 Å². The summed E-state index contributed by atoms with van der Waals surface area (Å²) >= 11 is 12.0. The lowest BCUT2D eigenvalue weighted by atomic mass is 10.2. The monoisotopic (exact) mass is 470 g/mol. The summed E-state index contributed by atoms with van der Waals surface area (Å²) in [6, 6.07) is 12.9. The van der Waals surface area contributed by atoms with Crippen LogP contribution in [0, 0.1) is 0 Å². The zero-order chi connectivity index (χ0) is 20.6. The third-order valence-electron chi connectivity index (χ3n) is 3.96. The summed E-state index contributed by atoms with van der Waals surface area (Å²) in [5, 5.41) is 14.0. The van der Waals surface area contributed by atoms with Crippen LogP contribution in [0.3, 0.4) is 0 Å². The molecule has 1 amide bonds. The van der Waals surface area contributed by atoms with Crippen molar-refractivity contribution in [2.75, 3.05) is 18.8 Å². The largest absolute Gasteiger partial charge is 1.00 e. The number of rotatable bonds is 9. The maximum atomic E-state index is 11.9. The number of hydrogen-bond acceptors (Lipinski definition) is 7. The number of halogens is 3. The molecule has 8 nitrogen and oxygen atoms in total. The number of ether oxygens (including phenoxy) is 1. The van der Waals surface area contributed by atoms with E-state index in [1.807, 2.05) is 36.4 Å². The molecule has 0 aliphatic rings. The second-order valence-electron chi connectivity index (χ2n) is 6.10. The molecule has 1 heterocycles. The van der Waals surface area contributed by atoms with Gasteiger partial charge in [0.25, 0.3) is 5.91 Å². The summed E-state index contributed by atoms with van der Waals surface area (Å²) in [6.07, 6.45) is 0. The Bertz CT molecular complexity index is 966. The van der Waals surface area contributed by atoms with Crippen molar-refractivity contribution in [3.63, 3.8) is 0 Å². The Morgan fingerprint density at radius 1 is 1.07 bits per heavy atom. The molecule has 30 heavy (non-hydrogen) atoms. The molecule has 0 saturated heterocycles. The van der Waals surface area contributed by atoms with Crippen molar-refractivity contribution in [1.82, 2.24) is 20.9 Å². The number of carbonyl (C=O) groups is 1. The van der Waals surface area contributed by atoms with E-state index in [2.05, 4.69) is 25.6 Å². The highest BCUT2D eigenvalue weighted by molar-refractivity contribution is 6.30. The van der Waals surface area contributed by atoms with Crippen molar-refractivity contribution in [3.8, 4) is 5.75 Å². The average Bonchev–Trinajstić information content (AvgIpc) is 3.14. The predicted octanol–water partition coefficient (Wildman–Crippen LogP) is 0.0612. The van der Waals surface area contributed by atoms with Crippen LogP contribution >= 0.6 is 23.2 Å². The van der Waals surface area contributed by atoms with E-state index in [0.717, 1.165) is 16.9 Å². The van der Waals surface area contributed by atoms with Crippen LogP contribution in [0.15, 0.2) is 47.1 Å². The minimum atomic E-state index is -0.444. The molecule has 1 aromatic heterocycles. The van der Waals surface area contributed by atoms with Gasteiger partial charge in [0.1, 0.15) is 12.4 Å². The lowest BCUT2D eigenvalue weighted by Gasteiger charge is -2.13. The number of aromatic nitrogens is 2. The molecular weight excluding hydrogens is 453 g/mol. The zero-order valence-electron chi connectivity index (χ0n) is 15.7. The number of nitrogen functional groups attached to an aromatic ring is 1. The molecule has 11 heteroatoms. The van der Waals surface area contributed by atoms with Gasteiger partial charge in [0.15, 0.2) is 0 Å². The fraction of sp³-hybridized carbons (Fsp3) is 0.211. The number of nitrogens with two attached hydrogens (primary N) is 1. The molecule has 0 fully saturated rings. The molecule has 3 rings (SSSR count). The number of benzene rings is 2. The summed E-state index contributed by atoms with van der Waals surface area (Å²) in [7, 11) is 0. The SMILES string of the molecule is Nc1nonc1C(=O)NCCNCc1cc(Cl)ccc1OCc1ccc(Cl)cc1.[Cl-]. The Morgan fingerprint density at radius 2 is 1.80 bits per heavy atom. The highest BCUT2D eigenvalue weighted by Crippen LogP contribution is 2.24. The lowest BCUT2D eigenvalue weighted by molar-refractivity contribution is -0.0000149. The predicted molar refractivity (Wildman–Crippen MR) is 110 cm³/mol. The van der Waals surface area contributed by atoms with Gasteiger partial charge in [-0.1, -0.05) is 35.3 Å². The first-order valence-corrected chi connectivity index (χ1v) is 9.51. The molecular formula is C19H19Cl3N5O3-. The van der Waals surface area contributed by atoms with Crippen molar-refractivity contribution >= 4 is 34.9 Å². The molecule has 160 valence electrons. The average molecular weight is 472 g/mol. The molecule has 0 radical (unpaired) electrons. The third kappa shape index (κ3) is 6.77. The number of anilines is 1. The van der Waals surface area contributed by atoms with Crippen LogP contribution in [0.2, 0.25) is 10.0 Å². The third-order valence-corrected chi connectivity index (χ3v) is 4.45. The standard InChI is InChI=1S/C19H19Cl2N5O3.ClH/c20-14-3-1-12(2-4-14)11-28-16-6-5-15(21)9-13(16)10-23-7-8-24-19(27)17-18(22)26-29-25-17;/h1-6,9,23H,7-8,10-11H2,(H2,22,26)(H,24,27);1H/p-1. The molecule has 0 bridgehead atoms. The minimum absolute atomic E-state index is 0. The number of carbonyl (C=O) groups excluding carboxylic acids is 1. The summed E-state index contributed by atoms with van der Waals surface area (Å²) in [5.41, 5.74) is 7.36. The van der Waals surface area contributed by atoms with E-state index in [4.69, 9.17) is 33.7 Å². The normalized spacial score (nSPS) is 10.3. The van der Waals surface area contributed by atoms with E-state index >= 15 is 0 Å². The van der Waals surface area contributed by atoms with E-state index in [1.165, 1.54) is 0 Å². The van der Waals surface area contributed by atoms with E-state index in [-0.39, 0.29) is 23.9 Å². The molecule has 0 spiro atoms. The summed E-state index contributed by atoms with van der Waals surface area (Å²) in [4.78, 5) is 11.9. The first-order chi connectivity index (χ1) is 14.0. The number of nitrogens with zero attached hydrogens (tertiary/aromatic N) is 2. The quantitative estimate of drug-likeness (QED) is 0.378. The van der Waals surface area contributed by atoms with E-state index in [9.17, 15) is 4.79 Å². The van der Waals surface area contributed by atoms with Crippen molar-refractivity contribution in [1.29, 1.82) is 0 Å². The maximum Gasteiger partial charge on any atom is 0.277 e. The van der Waals surface area contributed by atoms with E-state index < -0.39 is 5.91 Å². The van der Waals surface area contributed by atoms with Gasteiger partial charge in [0, 0.05) is 35.2 Å². The van der Waals surface area contributed by atoms with Crippen LogP contribution in [0.4, 0.5) is 5.82 Å². The van der Waals surface area contributed by atoms with Gasteiger partial charge in [-0.05, 0) is 46.2 Å². The molecule has 0 unspecified atom stereocenters. The Hall–Kier alpha value is -2.52. The van der Waals surface area contributed by atoms with Crippen molar-refractivity contribution < 1.29 is 26.6 Å². The van der Waals surface area contributed by atoms with Gasteiger partial charge in [0.05, 0.1) is 0 Å². The first-order valence-electron chi connectivity index (χ1n) is 8.75. The second-order valence-corrected chi connectivity index (χ2v) is 6.97. The van der Waals surface area contributed by atoms with Crippen molar-refractivity contribution in [2.45, 2.75) is 13.2 Å². The molecule has 0 aliphatic heterocycles. The fourth-order valence-corrected chi connectivity index (χ4v) is 2.81. The lowest BCUT2D eigenvalue weighted by Crippen LogP contribution is -3.00. The molecule has 3 aromatic rings. The molecule has 0 atom stereocenters. The van der Waals surface area contributed by atoms with Crippen molar-refractivity contribution in [3.05, 3.63) is 69.3 Å². The first kappa shape index (κ1) is 23.8. The minimum Gasteiger partial charge on any atom is -1.00 e. The number of hydrogen-bond donors (Lipinski definition) is 3. The van der Waals surface area contributed by atoms with Gasteiger partial charge >= 0.3 is 0 Å². The molecule has 0 saturated carbocycles. The maximum absolute atomic E-state index is 11.9. The smallest absolute Gasteiger partial charge is 0.277 e. The van der Waals surface area contributed by atoms with Crippen LogP contribution < -0.4 is 33.5 Å². The topological polar surface area (TPSA) is 115 Å². The summed E-state index contributed by atoms with van der Waals surface area (Å²) in [6.45, 7) is 1.81. The van der Waals surface area contributed by atoms with Crippen LogP contribution in [0.25, 0.3) is 0 Å². The van der Waals surface area contributed by atoms with Crippen LogP contribution in [0.1, 0.15) is 21.6 Å².